The summed E-state index contributed by atoms with van der Waals surface area (Å²) in [5, 5.41) is 9.38. The van der Waals surface area contributed by atoms with Gasteiger partial charge < -0.3 is 13.9 Å². The van der Waals surface area contributed by atoms with Gasteiger partial charge >= 0.3 is 0 Å². The zero-order chi connectivity index (χ0) is 43.3. The summed E-state index contributed by atoms with van der Waals surface area (Å²) in [7, 11) is 0. The largest absolute Gasteiger partial charge is 0.455 e. The Morgan fingerprint density at radius 1 is 0.394 bits per heavy atom. The number of nitrogens with zero attached hydrogens (tertiary/aromatic N) is 2. The van der Waals surface area contributed by atoms with Gasteiger partial charge in [-0.05, 0) is 98.6 Å². The van der Waals surface area contributed by atoms with Gasteiger partial charge in [-0.25, -0.2) is 0 Å². The molecule has 0 spiro atoms. The van der Waals surface area contributed by atoms with E-state index in [9.17, 15) is 0 Å². The molecular formula is C63H40N2O. The average molecular weight is 841 g/mol. The van der Waals surface area contributed by atoms with E-state index in [-0.39, 0.29) is 0 Å². The van der Waals surface area contributed by atoms with Gasteiger partial charge in [0.2, 0.25) is 0 Å². The molecule has 66 heavy (non-hydrogen) atoms. The van der Waals surface area contributed by atoms with E-state index in [0.717, 1.165) is 50.1 Å². The summed E-state index contributed by atoms with van der Waals surface area (Å²) in [5.41, 5.74) is 15.0. The monoisotopic (exact) mass is 840 g/mol. The molecule has 2 heterocycles. The molecule has 0 radical (unpaired) electrons. The third-order valence-corrected chi connectivity index (χ3v) is 14.2. The van der Waals surface area contributed by atoms with Gasteiger partial charge in [0, 0.05) is 38.5 Å². The zero-order valence-electron chi connectivity index (χ0n) is 35.9. The molecule has 14 rings (SSSR count). The fourth-order valence-corrected chi connectivity index (χ4v) is 11.5. The summed E-state index contributed by atoms with van der Waals surface area (Å²) in [6, 6.07) is 88.9. The summed E-state index contributed by atoms with van der Waals surface area (Å²) < 4.78 is 9.68. The van der Waals surface area contributed by atoms with Crippen LogP contribution >= 0.6 is 0 Å². The van der Waals surface area contributed by atoms with Crippen molar-refractivity contribution in [2.75, 3.05) is 4.90 Å². The molecule has 3 nitrogen and oxygen atoms in total. The summed E-state index contributed by atoms with van der Waals surface area (Å²) in [6.07, 6.45) is 0. The average Bonchev–Trinajstić information content (AvgIpc) is 4.03. The van der Waals surface area contributed by atoms with Gasteiger partial charge in [-0.1, -0.05) is 188 Å². The minimum atomic E-state index is -0.638. The number of hydrogen-bond acceptors (Lipinski definition) is 2. The van der Waals surface area contributed by atoms with E-state index < -0.39 is 5.41 Å². The van der Waals surface area contributed by atoms with Crippen LogP contribution in [0, 0.1) is 0 Å². The second-order valence-corrected chi connectivity index (χ2v) is 17.6. The Morgan fingerprint density at radius 3 is 1.82 bits per heavy atom. The molecule has 1 aliphatic carbocycles. The Hall–Kier alpha value is -8.66. The first-order chi connectivity index (χ1) is 32.8. The number of fused-ring (bicyclic) bond motifs is 12. The van der Waals surface area contributed by atoms with Gasteiger partial charge in [0.15, 0.2) is 0 Å². The van der Waals surface area contributed by atoms with E-state index >= 15 is 0 Å². The van der Waals surface area contributed by atoms with Crippen molar-refractivity contribution in [2.24, 2.45) is 0 Å². The van der Waals surface area contributed by atoms with Crippen molar-refractivity contribution in [2.45, 2.75) is 5.41 Å². The molecule has 13 aromatic rings. The Balaban J connectivity index is 1.13. The van der Waals surface area contributed by atoms with E-state index in [1.807, 2.05) is 0 Å². The van der Waals surface area contributed by atoms with E-state index in [0.29, 0.717) is 0 Å². The number of para-hydroxylation sites is 2. The first-order valence-corrected chi connectivity index (χ1v) is 22.8. The van der Waals surface area contributed by atoms with Crippen LogP contribution in [0.25, 0.3) is 82.1 Å². The predicted octanol–water partition coefficient (Wildman–Crippen LogP) is 16.8. The Bertz CT molecular complexity index is 4020. The third kappa shape index (κ3) is 5.14. The Labute approximate surface area is 381 Å². The van der Waals surface area contributed by atoms with Gasteiger partial charge in [-0.3, -0.25) is 0 Å². The van der Waals surface area contributed by atoms with Gasteiger partial charge in [0.1, 0.15) is 11.2 Å². The predicted molar refractivity (Wildman–Crippen MR) is 275 cm³/mol. The molecule has 0 bridgehead atoms. The van der Waals surface area contributed by atoms with Crippen LogP contribution in [0.1, 0.15) is 22.3 Å². The van der Waals surface area contributed by atoms with Gasteiger partial charge in [-0.15, -0.1) is 0 Å². The van der Waals surface area contributed by atoms with Crippen LogP contribution in [0.3, 0.4) is 0 Å². The molecule has 0 unspecified atom stereocenters. The van der Waals surface area contributed by atoms with Crippen LogP contribution in [-0.2, 0) is 5.41 Å². The first kappa shape index (κ1) is 36.8. The van der Waals surface area contributed by atoms with Gasteiger partial charge in [0.25, 0.3) is 0 Å². The van der Waals surface area contributed by atoms with Gasteiger partial charge in [0.05, 0.1) is 33.2 Å². The highest BCUT2D eigenvalue weighted by molar-refractivity contribution is 6.20. The van der Waals surface area contributed by atoms with Crippen molar-refractivity contribution in [1.82, 2.24) is 4.57 Å². The Morgan fingerprint density at radius 2 is 1.00 bits per heavy atom. The summed E-state index contributed by atoms with van der Waals surface area (Å²) >= 11 is 0. The number of aromatic nitrogens is 1. The number of hydrogen-bond donors (Lipinski definition) is 0. The maximum absolute atomic E-state index is 7.24. The number of furan rings is 1. The smallest absolute Gasteiger partial charge is 0.145 e. The lowest BCUT2D eigenvalue weighted by atomic mass is 9.67. The van der Waals surface area contributed by atoms with Crippen LogP contribution in [0.4, 0.5) is 17.1 Å². The first-order valence-electron chi connectivity index (χ1n) is 22.8. The maximum Gasteiger partial charge on any atom is 0.145 e. The van der Waals surface area contributed by atoms with E-state index in [2.05, 4.69) is 252 Å². The summed E-state index contributed by atoms with van der Waals surface area (Å²) in [5.74, 6) is 0. The molecule has 11 aromatic carbocycles. The molecule has 0 N–H and O–H groups in total. The molecule has 0 atom stereocenters. The molecule has 3 heteroatoms. The van der Waals surface area contributed by atoms with Gasteiger partial charge in [-0.2, -0.15) is 0 Å². The maximum atomic E-state index is 7.24. The fraction of sp³-hybridized carbons (Fsp3) is 0.0159. The van der Waals surface area contributed by atoms with Crippen molar-refractivity contribution in [3.63, 3.8) is 0 Å². The third-order valence-electron chi connectivity index (χ3n) is 14.2. The van der Waals surface area contributed by atoms with E-state index in [1.165, 1.54) is 71.3 Å². The molecule has 0 saturated heterocycles. The van der Waals surface area contributed by atoms with Crippen molar-refractivity contribution < 1.29 is 4.42 Å². The van der Waals surface area contributed by atoms with Crippen molar-refractivity contribution in [1.29, 1.82) is 0 Å². The van der Waals surface area contributed by atoms with Crippen LogP contribution in [0.15, 0.2) is 247 Å². The lowest BCUT2D eigenvalue weighted by molar-refractivity contribution is 0.669. The molecule has 0 aliphatic heterocycles. The minimum Gasteiger partial charge on any atom is -0.455 e. The highest BCUT2D eigenvalue weighted by Gasteiger charge is 2.48. The number of benzene rings is 11. The standard InChI is InChI=1S/C63H40N2O/c1-3-22-44(23-4-1)63(45-24-5-2-6-25-45)53-30-14-11-28-50(53)60-54(63)40-58(61-51-29-13-16-33-59(51)66-62(60)61)64(46-35-34-41-18-7-8-20-43(41)38-46)47-36-37-57-52(39-47)49-27-12-15-31-56(49)65(57)55-32-17-21-42-19-9-10-26-48(42)55/h1-40H. The van der Waals surface area contributed by atoms with Crippen molar-refractivity contribution in [3.05, 3.63) is 265 Å². The molecule has 0 fully saturated rings. The number of anilines is 3. The topological polar surface area (TPSA) is 21.3 Å². The van der Waals surface area contributed by atoms with Crippen LogP contribution in [0.5, 0.6) is 0 Å². The lowest BCUT2D eigenvalue weighted by Gasteiger charge is -2.35. The molecule has 1 aliphatic rings. The minimum absolute atomic E-state index is 0.638. The zero-order valence-corrected chi connectivity index (χ0v) is 35.9. The summed E-state index contributed by atoms with van der Waals surface area (Å²) in [6.45, 7) is 0. The highest BCUT2D eigenvalue weighted by atomic mass is 16.3. The Kier molecular flexibility index (Phi) is 7.90. The molecule has 0 amide bonds. The highest BCUT2D eigenvalue weighted by Crippen LogP contribution is 2.61. The van der Waals surface area contributed by atoms with Crippen LogP contribution in [0.2, 0.25) is 0 Å². The van der Waals surface area contributed by atoms with Crippen molar-refractivity contribution >= 4 is 82.4 Å². The second kappa shape index (κ2) is 14.2. The molecular weight excluding hydrogens is 801 g/mol. The SMILES string of the molecule is c1ccc(C2(c3ccccc3)c3ccccc3-c3c2cc(N(c2ccc4ccccc4c2)c2ccc4c(c2)c2ccccc2n4-c2cccc4ccccc24)c2c3oc3ccccc32)cc1. The summed E-state index contributed by atoms with van der Waals surface area (Å²) in [4.78, 5) is 2.49. The van der Waals surface area contributed by atoms with Crippen LogP contribution < -0.4 is 4.90 Å². The normalized spacial score (nSPS) is 13.0. The van der Waals surface area contributed by atoms with Crippen molar-refractivity contribution in [3.8, 4) is 16.8 Å². The number of rotatable bonds is 6. The molecule has 308 valence electrons. The molecule has 2 aromatic heterocycles. The van der Waals surface area contributed by atoms with Crippen LogP contribution in [-0.4, -0.2) is 4.57 Å². The lowest BCUT2D eigenvalue weighted by Crippen LogP contribution is -2.28. The molecule has 0 saturated carbocycles. The second-order valence-electron chi connectivity index (χ2n) is 17.6. The van der Waals surface area contributed by atoms with E-state index in [1.54, 1.807) is 0 Å². The fourth-order valence-electron chi connectivity index (χ4n) is 11.5. The quantitative estimate of drug-likeness (QED) is 0.166. The van der Waals surface area contributed by atoms with E-state index in [4.69, 9.17) is 4.42 Å².